The molecule has 0 saturated carbocycles. The van der Waals surface area contributed by atoms with Gasteiger partial charge in [-0.25, -0.2) is 0 Å². The predicted molar refractivity (Wildman–Crippen MR) is 62.2 cm³/mol. The normalized spacial score (nSPS) is 12.6. The van der Waals surface area contributed by atoms with E-state index in [1.807, 2.05) is 10.8 Å². The molecule has 0 aliphatic carbocycles. The molecule has 0 aromatic carbocycles. The summed E-state index contributed by atoms with van der Waals surface area (Å²) in [7, 11) is 0. The highest BCUT2D eigenvalue weighted by Gasteiger charge is 2.18. The maximum atomic E-state index is 10.8. The molecule has 1 atom stereocenters. The van der Waals surface area contributed by atoms with Crippen molar-refractivity contribution in [2.24, 2.45) is 5.92 Å². The molecule has 0 fully saturated rings. The van der Waals surface area contributed by atoms with Crippen LogP contribution in [-0.2, 0) is 6.54 Å². The van der Waals surface area contributed by atoms with Crippen molar-refractivity contribution < 1.29 is 14.5 Å². The Labute approximate surface area is 101 Å². The van der Waals surface area contributed by atoms with Crippen LogP contribution < -0.4 is 9.67 Å². The zero-order valence-corrected chi connectivity index (χ0v) is 10.8. The van der Waals surface area contributed by atoms with E-state index in [4.69, 9.17) is 0 Å². The Morgan fingerprint density at radius 2 is 2.31 bits per heavy atom. The minimum atomic E-state index is -1.07. The number of carbonyl (C=O) groups excluding carboxylic acids is 1. The van der Waals surface area contributed by atoms with Crippen molar-refractivity contribution in [1.29, 1.82) is 0 Å². The lowest BCUT2D eigenvalue weighted by Crippen LogP contribution is -2.44. The second kappa shape index (κ2) is 6.63. The molecule has 4 heteroatoms. The summed E-state index contributed by atoms with van der Waals surface area (Å²) in [4.78, 5) is 10.8. The van der Waals surface area contributed by atoms with Crippen LogP contribution in [0.1, 0.15) is 49.3 Å². The van der Waals surface area contributed by atoms with E-state index < -0.39 is 5.97 Å². The van der Waals surface area contributed by atoms with Crippen molar-refractivity contribution in [3.05, 3.63) is 16.6 Å². The summed E-state index contributed by atoms with van der Waals surface area (Å²) in [6, 6.07) is 0. The summed E-state index contributed by atoms with van der Waals surface area (Å²) in [6.07, 6.45) is 6.50. The molecule has 0 spiro atoms. The number of thiazole rings is 1. The van der Waals surface area contributed by atoms with E-state index in [-0.39, 0.29) is 0 Å². The number of carboxylic acids is 1. The summed E-state index contributed by atoms with van der Waals surface area (Å²) in [5, 5.41) is 13.0. The lowest BCUT2D eigenvalue weighted by Gasteiger charge is -2.10. The molecule has 0 amide bonds. The van der Waals surface area contributed by atoms with E-state index in [0.717, 1.165) is 13.0 Å². The Bertz CT molecular complexity index is 336. The van der Waals surface area contributed by atoms with Gasteiger partial charge in [0, 0.05) is 5.92 Å². The summed E-state index contributed by atoms with van der Waals surface area (Å²) < 4.78 is 1.81. The molecule has 0 saturated heterocycles. The zero-order chi connectivity index (χ0) is 12.0. The molecule has 1 rings (SSSR count). The molecule has 3 nitrogen and oxygen atoms in total. The van der Waals surface area contributed by atoms with Gasteiger partial charge >= 0.3 is 0 Å². The highest BCUT2D eigenvalue weighted by atomic mass is 32.1. The van der Waals surface area contributed by atoms with Gasteiger partial charge in [-0.15, -0.1) is 0 Å². The number of hydrogen-bond acceptors (Lipinski definition) is 3. The Morgan fingerprint density at radius 1 is 1.56 bits per heavy atom. The van der Waals surface area contributed by atoms with E-state index in [1.54, 1.807) is 5.38 Å². The van der Waals surface area contributed by atoms with Crippen molar-refractivity contribution in [2.75, 3.05) is 0 Å². The van der Waals surface area contributed by atoms with E-state index in [2.05, 4.69) is 13.8 Å². The maximum Gasteiger partial charge on any atom is 0.284 e. The molecule has 90 valence electrons. The predicted octanol–water partition coefficient (Wildman–Crippen LogP) is 1.62. The Morgan fingerprint density at radius 3 is 2.88 bits per heavy atom. The molecule has 1 aromatic heterocycles. The first kappa shape index (κ1) is 13.2. The Hall–Kier alpha value is -0.900. The van der Waals surface area contributed by atoms with Crippen LogP contribution in [0.4, 0.5) is 0 Å². The molecule has 1 heterocycles. The number of rotatable bonds is 7. The third-order valence-corrected chi connectivity index (χ3v) is 3.74. The van der Waals surface area contributed by atoms with Crippen molar-refractivity contribution in [3.63, 3.8) is 0 Å². The average molecular weight is 241 g/mol. The Balaban J connectivity index is 2.62. The first-order valence-electron chi connectivity index (χ1n) is 5.87. The van der Waals surface area contributed by atoms with Gasteiger partial charge in [0.05, 0.1) is 5.38 Å². The lowest BCUT2D eigenvalue weighted by atomic mass is 9.99. The van der Waals surface area contributed by atoms with E-state index >= 15 is 0 Å². The summed E-state index contributed by atoms with van der Waals surface area (Å²) in [5.74, 6) is -0.502. The molecule has 0 aliphatic rings. The molecule has 0 aliphatic heterocycles. The highest BCUT2D eigenvalue weighted by Crippen LogP contribution is 2.13. The lowest BCUT2D eigenvalue weighted by molar-refractivity contribution is -0.702. The molecular formula is C12H19NO2S. The zero-order valence-electron chi connectivity index (χ0n) is 9.94. The fourth-order valence-electron chi connectivity index (χ4n) is 1.81. The van der Waals surface area contributed by atoms with Gasteiger partial charge in [-0.2, -0.15) is 4.57 Å². The minimum absolute atomic E-state index is 0.329. The molecule has 1 unspecified atom stereocenters. The number of carbonyl (C=O) groups is 1. The number of hydrogen-bond donors (Lipinski definition) is 0. The monoisotopic (exact) mass is 241 g/mol. The van der Waals surface area contributed by atoms with Gasteiger partial charge in [0.2, 0.25) is 0 Å². The van der Waals surface area contributed by atoms with Crippen LogP contribution in [-0.4, -0.2) is 5.97 Å². The second-order valence-electron chi connectivity index (χ2n) is 4.06. The van der Waals surface area contributed by atoms with E-state index in [9.17, 15) is 9.90 Å². The highest BCUT2D eigenvalue weighted by molar-refractivity contribution is 7.11. The maximum absolute atomic E-state index is 10.8. The summed E-state index contributed by atoms with van der Waals surface area (Å²) >= 11 is 1.23. The second-order valence-corrected chi connectivity index (χ2v) is 4.96. The SMILES string of the molecule is CCCCC(CC)C[n+]1ccsc1C(=O)[O-]. The van der Waals surface area contributed by atoms with Crippen LogP contribution in [0.3, 0.4) is 0 Å². The number of carboxylic acid groups (broad SMARTS) is 1. The van der Waals surface area contributed by atoms with Gasteiger partial charge in [0.25, 0.3) is 5.01 Å². The van der Waals surface area contributed by atoms with Crippen molar-refractivity contribution >= 4 is 17.3 Å². The van der Waals surface area contributed by atoms with Gasteiger partial charge in [-0.1, -0.05) is 38.0 Å². The number of aromatic carboxylic acids is 1. The van der Waals surface area contributed by atoms with Gasteiger partial charge in [0.15, 0.2) is 18.7 Å². The topological polar surface area (TPSA) is 44.0 Å². The van der Waals surface area contributed by atoms with Crippen molar-refractivity contribution in [1.82, 2.24) is 0 Å². The first-order valence-corrected chi connectivity index (χ1v) is 6.75. The number of nitrogens with zero attached hydrogens (tertiary/aromatic N) is 1. The first-order chi connectivity index (χ1) is 7.69. The standard InChI is InChI=1S/C12H19NO2S/c1-3-5-6-10(4-2)9-13-7-8-16-11(13)12(14)15/h7-8,10H,3-6,9H2,1-2H3. The van der Waals surface area contributed by atoms with Crippen LogP contribution in [0.5, 0.6) is 0 Å². The van der Waals surface area contributed by atoms with Crippen molar-refractivity contribution in [3.8, 4) is 0 Å². The van der Waals surface area contributed by atoms with E-state index in [0.29, 0.717) is 10.9 Å². The third-order valence-electron chi connectivity index (χ3n) is 2.85. The van der Waals surface area contributed by atoms with Crippen LogP contribution in [0.15, 0.2) is 11.6 Å². The number of unbranched alkanes of at least 4 members (excludes halogenated alkanes) is 1. The fourth-order valence-corrected chi connectivity index (χ4v) is 2.51. The van der Waals surface area contributed by atoms with Gasteiger partial charge < -0.3 is 9.90 Å². The average Bonchev–Trinajstić information content (AvgIpc) is 2.72. The van der Waals surface area contributed by atoms with Crippen molar-refractivity contribution in [2.45, 2.75) is 46.1 Å². The summed E-state index contributed by atoms with van der Waals surface area (Å²) in [6.45, 7) is 5.13. The Kier molecular flexibility index (Phi) is 5.46. The molecule has 16 heavy (non-hydrogen) atoms. The molecule has 0 bridgehead atoms. The van der Waals surface area contributed by atoms with Crippen LogP contribution in [0.2, 0.25) is 0 Å². The van der Waals surface area contributed by atoms with Crippen LogP contribution in [0.25, 0.3) is 0 Å². The van der Waals surface area contributed by atoms with Gasteiger partial charge in [0.1, 0.15) is 0 Å². The third kappa shape index (κ3) is 3.59. The molecule has 0 radical (unpaired) electrons. The van der Waals surface area contributed by atoms with Gasteiger partial charge in [-0.3, -0.25) is 0 Å². The molecule has 0 N–H and O–H groups in total. The van der Waals surface area contributed by atoms with E-state index in [1.165, 1.54) is 30.6 Å². The smallest absolute Gasteiger partial charge is 0.284 e. The minimum Gasteiger partial charge on any atom is -0.539 e. The molecule has 1 aromatic rings. The van der Waals surface area contributed by atoms with Gasteiger partial charge in [-0.05, 0) is 12.8 Å². The summed E-state index contributed by atoms with van der Waals surface area (Å²) in [5.41, 5.74) is 0. The quantitative estimate of drug-likeness (QED) is 0.681. The fraction of sp³-hybridized carbons (Fsp3) is 0.667. The number of aromatic nitrogens is 1. The largest absolute Gasteiger partial charge is 0.539 e. The molecular weight excluding hydrogens is 222 g/mol. The van der Waals surface area contributed by atoms with Crippen LogP contribution >= 0.6 is 11.3 Å². The van der Waals surface area contributed by atoms with Crippen LogP contribution in [0, 0.1) is 5.92 Å².